The van der Waals surface area contributed by atoms with Gasteiger partial charge in [-0.3, -0.25) is 20.2 Å². The Kier molecular flexibility index (Phi) is 6.15. The van der Waals surface area contributed by atoms with Crippen LogP contribution in [-0.4, -0.2) is 41.3 Å². The van der Waals surface area contributed by atoms with E-state index in [-0.39, 0.29) is 11.3 Å². The molecule has 1 heterocycles. The van der Waals surface area contributed by atoms with Crippen LogP contribution in [0.3, 0.4) is 0 Å². The van der Waals surface area contributed by atoms with Crippen LogP contribution in [0.4, 0.5) is 16.5 Å². The summed E-state index contributed by atoms with van der Waals surface area (Å²) in [5.41, 5.74) is 0.480. The van der Waals surface area contributed by atoms with Gasteiger partial charge < -0.3 is 10.1 Å². The van der Waals surface area contributed by atoms with Crippen molar-refractivity contribution in [1.29, 1.82) is 0 Å². The molecule has 0 aliphatic carbocycles. The Labute approximate surface area is 142 Å². The number of aryl methyl sites for hydroxylation is 1. The van der Waals surface area contributed by atoms with Crippen LogP contribution < -0.4 is 10.6 Å². The Morgan fingerprint density at radius 1 is 1.42 bits per heavy atom. The fourth-order valence-corrected chi connectivity index (χ4v) is 2.56. The number of amides is 1. The van der Waals surface area contributed by atoms with Gasteiger partial charge in [-0.25, -0.2) is 0 Å². The molecule has 0 spiro atoms. The summed E-state index contributed by atoms with van der Waals surface area (Å²) >= 11 is 1.27. The molecule has 0 saturated heterocycles. The van der Waals surface area contributed by atoms with E-state index in [1.807, 2.05) is 6.92 Å². The highest BCUT2D eigenvalue weighted by atomic mass is 32.1. The summed E-state index contributed by atoms with van der Waals surface area (Å²) < 4.78 is 4.95. The maximum absolute atomic E-state index is 12.5. The molecule has 0 radical (unpaired) electrons. The molecule has 2 N–H and O–H groups in total. The SMILES string of the molecule is CCc1nnc(NC(=O)c2cc([N+](=O)[O-])ccc2NCCOC)s1. The van der Waals surface area contributed by atoms with Crippen molar-refractivity contribution in [2.45, 2.75) is 13.3 Å². The normalized spacial score (nSPS) is 10.4. The number of aromatic nitrogens is 2. The van der Waals surface area contributed by atoms with Crippen molar-refractivity contribution in [1.82, 2.24) is 10.2 Å². The Morgan fingerprint density at radius 3 is 2.83 bits per heavy atom. The number of nitro groups is 1. The molecule has 1 amide bonds. The summed E-state index contributed by atoms with van der Waals surface area (Å²) in [5.74, 6) is -0.489. The third-order valence-electron chi connectivity index (χ3n) is 3.07. The van der Waals surface area contributed by atoms with Crippen LogP contribution in [0.2, 0.25) is 0 Å². The van der Waals surface area contributed by atoms with Crippen LogP contribution in [0.5, 0.6) is 0 Å². The molecule has 0 saturated carbocycles. The Balaban J connectivity index is 2.24. The number of methoxy groups -OCH3 is 1. The van der Waals surface area contributed by atoms with Crippen molar-refractivity contribution in [3.8, 4) is 0 Å². The molecule has 0 aliphatic heterocycles. The number of nitrogens with zero attached hydrogens (tertiary/aromatic N) is 3. The van der Waals surface area contributed by atoms with E-state index in [9.17, 15) is 14.9 Å². The van der Waals surface area contributed by atoms with Gasteiger partial charge in [-0.2, -0.15) is 0 Å². The predicted molar refractivity (Wildman–Crippen MR) is 90.7 cm³/mol. The zero-order valence-corrected chi connectivity index (χ0v) is 14.1. The van der Waals surface area contributed by atoms with Crippen molar-refractivity contribution in [3.63, 3.8) is 0 Å². The number of anilines is 2. The number of nitrogens with one attached hydrogen (secondary N) is 2. The van der Waals surface area contributed by atoms with Crippen LogP contribution in [-0.2, 0) is 11.2 Å². The van der Waals surface area contributed by atoms with Crippen molar-refractivity contribution < 1.29 is 14.5 Å². The van der Waals surface area contributed by atoms with E-state index >= 15 is 0 Å². The van der Waals surface area contributed by atoms with Gasteiger partial charge in [0.1, 0.15) is 5.01 Å². The molecule has 1 aromatic heterocycles. The average Bonchev–Trinajstić information content (AvgIpc) is 3.02. The number of carbonyl (C=O) groups is 1. The molecular formula is C14H17N5O4S. The maximum Gasteiger partial charge on any atom is 0.270 e. The fraction of sp³-hybridized carbons (Fsp3) is 0.357. The smallest absolute Gasteiger partial charge is 0.270 e. The van der Waals surface area contributed by atoms with Gasteiger partial charge in [0.25, 0.3) is 11.6 Å². The first-order valence-electron chi connectivity index (χ1n) is 7.20. The number of carbonyl (C=O) groups excluding carboxylic acids is 1. The summed E-state index contributed by atoms with van der Waals surface area (Å²) in [5, 5.41) is 25.6. The minimum atomic E-state index is -0.546. The lowest BCUT2D eigenvalue weighted by Crippen LogP contribution is -2.16. The molecule has 2 rings (SSSR count). The zero-order valence-electron chi connectivity index (χ0n) is 13.2. The molecule has 128 valence electrons. The minimum absolute atomic E-state index is 0.161. The van der Waals surface area contributed by atoms with Crippen LogP contribution in [0.1, 0.15) is 22.3 Å². The molecule has 0 fully saturated rings. The van der Waals surface area contributed by atoms with E-state index < -0.39 is 10.8 Å². The Bertz CT molecular complexity index is 734. The van der Waals surface area contributed by atoms with E-state index in [0.29, 0.717) is 30.4 Å². The second kappa shape index (κ2) is 8.31. The zero-order chi connectivity index (χ0) is 17.5. The van der Waals surface area contributed by atoms with Crippen molar-refractivity contribution in [3.05, 3.63) is 38.9 Å². The number of non-ortho nitro benzene ring substituents is 1. The van der Waals surface area contributed by atoms with E-state index in [1.165, 1.54) is 29.5 Å². The lowest BCUT2D eigenvalue weighted by Gasteiger charge is -2.11. The first-order chi connectivity index (χ1) is 11.5. The molecule has 2 aromatic rings. The Hall–Kier alpha value is -2.59. The first-order valence-corrected chi connectivity index (χ1v) is 8.01. The van der Waals surface area contributed by atoms with Gasteiger partial charge in [0.15, 0.2) is 0 Å². The fourth-order valence-electron chi connectivity index (χ4n) is 1.89. The standard InChI is InChI=1S/C14H17N5O4S/c1-3-12-17-18-14(24-12)16-13(20)10-8-9(19(21)22)4-5-11(10)15-6-7-23-2/h4-5,8,15H,3,6-7H2,1-2H3,(H,16,18,20). The van der Waals surface area contributed by atoms with E-state index in [4.69, 9.17) is 4.74 Å². The van der Waals surface area contributed by atoms with Crippen LogP contribution >= 0.6 is 11.3 Å². The molecule has 1 aromatic carbocycles. The summed E-state index contributed by atoms with van der Waals surface area (Å²) in [6.45, 7) is 2.84. The number of ether oxygens (including phenoxy) is 1. The van der Waals surface area contributed by atoms with Crippen molar-refractivity contribution in [2.75, 3.05) is 30.9 Å². The van der Waals surface area contributed by atoms with Gasteiger partial charge in [0, 0.05) is 31.5 Å². The third-order valence-corrected chi connectivity index (χ3v) is 4.05. The number of rotatable bonds is 8. The molecule has 0 aliphatic rings. The van der Waals surface area contributed by atoms with Crippen LogP contribution in [0.15, 0.2) is 18.2 Å². The lowest BCUT2D eigenvalue weighted by atomic mass is 10.1. The summed E-state index contributed by atoms with van der Waals surface area (Å²) in [4.78, 5) is 22.9. The molecule has 0 atom stereocenters. The number of hydrogen-bond acceptors (Lipinski definition) is 8. The van der Waals surface area contributed by atoms with E-state index in [0.717, 1.165) is 5.01 Å². The second-order valence-corrected chi connectivity index (χ2v) is 5.78. The van der Waals surface area contributed by atoms with E-state index in [1.54, 1.807) is 7.11 Å². The van der Waals surface area contributed by atoms with Gasteiger partial charge in [-0.15, -0.1) is 10.2 Å². The Morgan fingerprint density at radius 2 is 2.21 bits per heavy atom. The highest BCUT2D eigenvalue weighted by molar-refractivity contribution is 7.15. The molecule has 0 unspecified atom stereocenters. The summed E-state index contributed by atoms with van der Waals surface area (Å²) in [6, 6.07) is 4.07. The van der Waals surface area contributed by atoms with Crippen LogP contribution in [0.25, 0.3) is 0 Å². The third kappa shape index (κ3) is 4.46. The quantitative estimate of drug-likeness (QED) is 0.425. The lowest BCUT2D eigenvalue weighted by molar-refractivity contribution is -0.384. The van der Waals surface area contributed by atoms with Crippen molar-refractivity contribution in [2.24, 2.45) is 0 Å². The van der Waals surface area contributed by atoms with Crippen molar-refractivity contribution >= 4 is 33.8 Å². The maximum atomic E-state index is 12.5. The summed E-state index contributed by atoms with van der Waals surface area (Å²) in [6.07, 6.45) is 0.716. The molecule has 10 heteroatoms. The number of nitro benzene ring substituents is 1. The monoisotopic (exact) mass is 351 g/mol. The van der Waals surface area contributed by atoms with E-state index in [2.05, 4.69) is 20.8 Å². The molecule has 0 bridgehead atoms. The molecular weight excluding hydrogens is 334 g/mol. The topological polar surface area (TPSA) is 119 Å². The molecule has 9 nitrogen and oxygen atoms in total. The average molecular weight is 351 g/mol. The summed E-state index contributed by atoms with van der Waals surface area (Å²) in [7, 11) is 1.56. The number of benzene rings is 1. The predicted octanol–water partition coefficient (Wildman–Crippen LogP) is 2.32. The highest BCUT2D eigenvalue weighted by Crippen LogP contribution is 2.24. The first kappa shape index (κ1) is 17.8. The van der Waals surface area contributed by atoms with Gasteiger partial charge in [0.2, 0.25) is 5.13 Å². The molecule has 24 heavy (non-hydrogen) atoms. The largest absolute Gasteiger partial charge is 0.383 e. The second-order valence-electron chi connectivity index (χ2n) is 4.72. The van der Waals surface area contributed by atoms with Gasteiger partial charge in [-0.05, 0) is 12.5 Å². The van der Waals surface area contributed by atoms with Gasteiger partial charge >= 0.3 is 0 Å². The van der Waals surface area contributed by atoms with Crippen LogP contribution in [0, 0.1) is 10.1 Å². The highest BCUT2D eigenvalue weighted by Gasteiger charge is 2.18. The van der Waals surface area contributed by atoms with Gasteiger partial charge in [0.05, 0.1) is 17.1 Å². The number of hydrogen-bond donors (Lipinski definition) is 2. The van der Waals surface area contributed by atoms with Gasteiger partial charge in [-0.1, -0.05) is 18.3 Å². The minimum Gasteiger partial charge on any atom is -0.383 e.